The molecule has 0 aliphatic carbocycles. The molecule has 2 heterocycles. The maximum absolute atomic E-state index is 6.06. The van der Waals surface area contributed by atoms with Crippen LogP contribution in [0.1, 0.15) is 67.7 Å². The largest absolute Gasteiger partial charge is 0.369 e. The standard InChI is InChI=1S/C30H44ClN3.C3H8/c1-9-23(4)28(10-2)22-25(6)27(8)33-18-20-34(21-19-33)30-14-16-32(17-15-30)26(7)24(5)12-13-29(31)11-3;1-3-2/h10-13,22,26,30H,1,3,8,14-21H2,2,4-7H3;3H2,1-2H3/b24-12+,25-22-,28-10+,29-13+;. The van der Waals surface area contributed by atoms with Crippen molar-refractivity contribution in [3.05, 3.63) is 88.9 Å². The zero-order valence-corrected chi connectivity index (χ0v) is 25.5. The van der Waals surface area contributed by atoms with Gasteiger partial charge < -0.3 is 4.90 Å². The minimum absolute atomic E-state index is 0.433. The van der Waals surface area contributed by atoms with Crippen molar-refractivity contribution in [2.45, 2.75) is 79.8 Å². The van der Waals surface area contributed by atoms with Gasteiger partial charge in [-0.15, -0.1) is 5.73 Å². The highest BCUT2D eigenvalue weighted by molar-refractivity contribution is 6.31. The molecule has 0 saturated carbocycles. The Bertz CT molecular complexity index is 913. The van der Waals surface area contributed by atoms with E-state index in [0.717, 1.165) is 56.1 Å². The zero-order valence-electron chi connectivity index (χ0n) is 24.7. The summed E-state index contributed by atoms with van der Waals surface area (Å²) in [6, 6.07) is 1.12. The van der Waals surface area contributed by atoms with E-state index < -0.39 is 0 Å². The van der Waals surface area contributed by atoms with Crippen molar-refractivity contribution < 1.29 is 0 Å². The van der Waals surface area contributed by atoms with Crippen LogP contribution in [0.3, 0.4) is 0 Å². The molecule has 37 heavy (non-hydrogen) atoms. The number of allylic oxidation sites excluding steroid dienone is 9. The highest BCUT2D eigenvalue weighted by atomic mass is 35.5. The second-order valence-electron chi connectivity index (χ2n) is 10.2. The highest BCUT2D eigenvalue weighted by Gasteiger charge is 2.29. The summed E-state index contributed by atoms with van der Waals surface area (Å²) in [7, 11) is 0. The molecule has 2 aliphatic heterocycles. The first-order chi connectivity index (χ1) is 17.6. The average molecular weight is 526 g/mol. The van der Waals surface area contributed by atoms with Crippen LogP contribution in [0.5, 0.6) is 0 Å². The first-order valence-corrected chi connectivity index (χ1v) is 14.3. The topological polar surface area (TPSA) is 9.72 Å². The van der Waals surface area contributed by atoms with Crippen LogP contribution in [0, 0.1) is 0 Å². The molecule has 0 N–H and O–H groups in total. The van der Waals surface area contributed by atoms with Crippen LogP contribution >= 0.6 is 11.6 Å². The van der Waals surface area contributed by atoms with Gasteiger partial charge in [0.1, 0.15) is 0 Å². The number of piperidine rings is 1. The van der Waals surface area contributed by atoms with E-state index in [-0.39, 0.29) is 0 Å². The first kappa shape index (κ1) is 33.0. The quantitative estimate of drug-likeness (QED) is 0.221. The molecule has 4 heteroatoms. The Morgan fingerprint density at radius 1 is 1.03 bits per heavy atom. The van der Waals surface area contributed by atoms with Gasteiger partial charge in [0.2, 0.25) is 0 Å². The van der Waals surface area contributed by atoms with Crippen LogP contribution in [0.15, 0.2) is 88.9 Å². The van der Waals surface area contributed by atoms with E-state index in [2.05, 4.69) is 99.9 Å². The number of hydrogen-bond acceptors (Lipinski definition) is 3. The van der Waals surface area contributed by atoms with Gasteiger partial charge in [-0.1, -0.05) is 75.4 Å². The highest BCUT2D eigenvalue weighted by Crippen LogP contribution is 2.25. The predicted molar refractivity (Wildman–Crippen MR) is 166 cm³/mol. The maximum atomic E-state index is 6.06. The van der Waals surface area contributed by atoms with Crippen LogP contribution in [-0.2, 0) is 0 Å². The molecule has 3 nitrogen and oxygen atoms in total. The Morgan fingerprint density at radius 3 is 2.08 bits per heavy atom. The molecule has 0 aromatic rings. The second kappa shape index (κ2) is 17.5. The molecular formula is C33H52ClN3. The number of halogens is 1. The fourth-order valence-corrected chi connectivity index (χ4v) is 4.84. The minimum Gasteiger partial charge on any atom is -0.369 e. The summed E-state index contributed by atoms with van der Waals surface area (Å²) in [4.78, 5) is 7.74. The predicted octanol–water partition coefficient (Wildman–Crippen LogP) is 8.27. The van der Waals surface area contributed by atoms with E-state index in [1.807, 2.05) is 13.0 Å². The Morgan fingerprint density at radius 2 is 1.59 bits per heavy atom. The summed E-state index contributed by atoms with van der Waals surface area (Å²) >= 11 is 6.06. The molecule has 0 amide bonds. The van der Waals surface area contributed by atoms with Crippen LogP contribution < -0.4 is 0 Å². The minimum atomic E-state index is 0.433. The fraction of sp³-hybridized carbons (Fsp3) is 0.545. The van der Waals surface area contributed by atoms with Gasteiger partial charge in [0.25, 0.3) is 0 Å². The molecule has 2 saturated heterocycles. The monoisotopic (exact) mass is 525 g/mol. The second-order valence-corrected chi connectivity index (χ2v) is 10.6. The molecule has 2 aliphatic rings. The van der Waals surface area contributed by atoms with Crippen LogP contribution in [-0.4, -0.2) is 66.1 Å². The van der Waals surface area contributed by atoms with Gasteiger partial charge in [-0.25, -0.2) is 0 Å². The number of rotatable bonds is 9. The average Bonchev–Trinajstić information content (AvgIpc) is 2.93. The normalized spacial score (nSPS) is 20.1. The first-order valence-electron chi connectivity index (χ1n) is 13.9. The third kappa shape index (κ3) is 10.7. The van der Waals surface area contributed by atoms with E-state index in [0.29, 0.717) is 17.1 Å². The van der Waals surface area contributed by atoms with E-state index in [1.54, 1.807) is 6.08 Å². The van der Waals surface area contributed by atoms with Gasteiger partial charge in [-0.3, -0.25) is 9.80 Å². The summed E-state index contributed by atoms with van der Waals surface area (Å²) in [6.45, 7) is 33.5. The Balaban J connectivity index is 0.00000217. The number of nitrogens with zero attached hydrogens (tertiary/aromatic N) is 3. The molecule has 0 bridgehead atoms. The summed E-state index contributed by atoms with van der Waals surface area (Å²) in [5, 5.41) is 0.684. The number of likely N-dealkylation sites (tertiary alicyclic amines) is 1. The van der Waals surface area contributed by atoms with Crippen molar-refractivity contribution in [2.75, 3.05) is 39.3 Å². The molecule has 2 rings (SSSR count). The maximum Gasteiger partial charge on any atom is 0.0400 e. The van der Waals surface area contributed by atoms with E-state index >= 15 is 0 Å². The van der Waals surface area contributed by atoms with Crippen molar-refractivity contribution in [1.29, 1.82) is 0 Å². The van der Waals surface area contributed by atoms with Gasteiger partial charge in [0.05, 0.1) is 0 Å². The van der Waals surface area contributed by atoms with E-state index in [9.17, 15) is 0 Å². The lowest BCUT2D eigenvalue weighted by molar-refractivity contribution is 0.0637. The van der Waals surface area contributed by atoms with Crippen molar-refractivity contribution in [2.24, 2.45) is 0 Å². The third-order valence-electron chi connectivity index (χ3n) is 7.45. The molecule has 0 spiro atoms. The molecule has 0 aromatic carbocycles. The third-order valence-corrected chi connectivity index (χ3v) is 7.74. The van der Waals surface area contributed by atoms with E-state index in [4.69, 9.17) is 11.6 Å². The Kier molecular flexibility index (Phi) is 15.6. The summed E-state index contributed by atoms with van der Waals surface area (Å²) in [5.74, 6) is 0. The van der Waals surface area contributed by atoms with Crippen LogP contribution in [0.2, 0.25) is 0 Å². The molecule has 1 atom stereocenters. The molecule has 206 valence electrons. The van der Waals surface area contributed by atoms with Gasteiger partial charge in [0, 0.05) is 62.1 Å². The van der Waals surface area contributed by atoms with Gasteiger partial charge in [-0.2, -0.15) is 0 Å². The Labute approximate surface area is 233 Å². The fourth-order valence-electron chi connectivity index (χ4n) is 4.78. The smallest absolute Gasteiger partial charge is 0.0400 e. The summed E-state index contributed by atoms with van der Waals surface area (Å²) < 4.78 is 0. The Hall–Kier alpha value is -2.03. The van der Waals surface area contributed by atoms with Crippen LogP contribution in [0.25, 0.3) is 0 Å². The molecule has 1 unspecified atom stereocenters. The lowest BCUT2D eigenvalue weighted by Crippen LogP contribution is -2.53. The van der Waals surface area contributed by atoms with Crippen molar-refractivity contribution >= 4 is 11.6 Å². The van der Waals surface area contributed by atoms with E-state index in [1.165, 1.54) is 30.4 Å². The van der Waals surface area contributed by atoms with Gasteiger partial charge >= 0.3 is 0 Å². The lowest BCUT2D eigenvalue weighted by atomic mass is 9.98. The van der Waals surface area contributed by atoms with Crippen molar-refractivity contribution in [3.63, 3.8) is 0 Å². The SMILES string of the molecule is C=C=C(C)C(/C=C(/C)C(=C)N1CCN(C2CCN(C(C)/C(C)=C/C=C(/Cl)C=C)CC2)CC1)=C/C.CCC. The summed E-state index contributed by atoms with van der Waals surface area (Å²) in [5.41, 5.74) is 8.92. The van der Waals surface area contributed by atoms with Crippen molar-refractivity contribution in [3.8, 4) is 0 Å². The molecular weight excluding hydrogens is 474 g/mol. The molecule has 0 aromatic heterocycles. The van der Waals surface area contributed by atoms with Crippen molar-refractivity contribution in [1.82, 2.24) is 14.7 Å². The summed E-state index contributed by atoms with van der Waals surface area (Å²) in [6.07, 6.45) is 13.8. The lowest BCUT2D eigenvalue weighted by Gasteiger charge is -2.45. The molecule has 0 radical (unpaired) electrons. The number of piperazine rings is 1. The number of hydrogen-bond donors (Lipinski definition) is 0. The molecule has 2 fully saturated rings. The zero-order chi connectivity index (χ0) is 28.0. The van der Waals surface area contributed by atoms with Crippen LogP contribution in [0.4, 0.5) is 0 Å². The van der Waals surface area contributed by atoms with Gasteiger partial charge in [-0.05, 0) is 76.3 Å². The van der Waals surface area contributed by atoms with Gasteiger partial charge in [0.15, 0.2) is 0 Å².